The Morgan fingerprint density at radius 2 is 2.00 bits per heavy atom. The van der Waals surface area contributed by atoms with Gasteiger partial charge in [0.25, 0.3) is 0 Å². The largest absolute Gasteiger partial charge is 0.497 e. The quantitative estimate of drug-likeness (QED) is 0.706. The molecular formula is C20H20NO5+. The van der Waals surface area contributed by atoms with Crippen LogP contribution in [0.2, 0.25) is 0 Å². The minimum absolute atomic E-state index is 0.0311. The van der Waals surface area contributed by atoms with Crippen LogP contribution in [0.25, 0.3) is 11.0 Å². The Bertz CT molecular complexity index is 981. The fourth-order valence-corrected chi connectivity index (χ4v) is 3.11. The van der Waals surface area contributed by atoms with Crippen LogP contribution in [0.1, 0.15) is 5.56 Å². The summed E-state index contributed by atoms with van der Waals surface area (Å²) in [6.07, 6.45) is -0.0311. The lowest BCUT2D eigenvalue weighted by Crippen LogP contribution is -2.85. The summed E-state index contributed by atoms with van der Waals surface area (Å²) >= 11 is 0. The highest BCUT2D eigenvalue weighted by molar-refractivity contribution is 5.81. The standard InChI is InChI=1S/C20H19NO5/c1-23-14-6-7-16-13(8-20(22)26-19(16)9-14)10-21-11-15-12-24-17-4-2-3-5-18(17)25-15/h2-9,15,21H,10-12H2,1H3/p+1/t15-/m1/s1. The zero-order valence-electron chi connectivity index (χ0n) is 14.4. The minimum Gasteiger partial charge on any atom is -0.497 e. The van der Waals surface area contributed by atoms with Gasteiger partial charge < -0.3 is 23.9 Å². The zero-order valence-corrected chi connectivity index (χ0v) is 14.4. The number of ether oxygens (including phenoxy) is 3. The van der Waals surface area contributed by atoms with Gasteiger partial charge in [0.1, 0.15) is 31.0 Å². The number of para-hydroxylation sites is 2. The molecule has 0 saturated carbocycles. The molecule has 2 aromatic carbocycles. The highest BCUT2D eigenvalue weighted by Gasteiger charge is 2.22. The summed E-state index contributed by atoms with van der Waals surface area (Å²) < 4.78 is 22.2. The number of quaternary nitrogens is 1. The second-order valence-corrected chi connectivity index (χ2v) is 6.18. The second kappa shape index (κ2) is 7.09. The Labute approximate surface area is 150 Å². The molecule has 1 aliphatic heterocycles. The molecule has 1 atom stereocenters. The predicted octanol–water partition coefficient (Wildman–Crippen LogP) is 1.71. The normalized spacial score (nSPS) is 15.8. The van der Waals surface area contributed by atoms with E-state index >= 15 is 0 Å². The number of rotatable bonds is 5. The van der Waals surface area contributed by atoms with Crippen LogP contribution >= 0.6 is 0 Å². The van der Waals surface area contributed by atoms with Gasteiger partial charge >= 0.3 is 5.63 Å². The van der Waals surface area contributed by atoms with E-state index in [-0.39, 0.29) is 11.7 Å². The molecule has 134 valence electrons. The van der Waals surface area contributed by atoms with Crippen molar-refractivity contribution in [3.8, 4) is 17.2 Å². The molecule has 0 aliphatic carbocycles. The lowest BCUT2D eigenvalue weighted by Gasteiger charge is -2.25. The number of fused-ring (bicyclic) bond motifs is 2. The van der Waals surface area contributed by atoms with E-state index in [1.807, 2.05) is 36.4 Å². The van der Waals surface area contributed by atoms with E-state index in [0.717, 1.165) is 29.0 Å². The summed E-state index contributed by atoms with van der Waals surface area (Å²) in [5.41, 5.74) is 1.10. The van der Waals surface area contributed by atoms with Crippen LogP contribution in [0.5, 0.6) is 17.2 Å². The Balaban J connectivity index is 1.44. The van der Waals surface area contributed by atoms with Crippen molar-refractivity contribution >= 4 is 11.0 Å². The first-order valence-corrected chi connectivity index (χ1v) is 8.54. The molecule has 0 unspecified atom stereocenters. The van der Waals surface area contributed by atoms with E-state index in [9.17, 15) is 4.79 Å². The predicted molar refractivity (Wildman–Crippen MR) is 95.9 cm³/mol. The summed E-state index contributed by atoms with van der Waals surface area (Å²) in [5.74, 6) is 2.22. The monoisotopic (exact) mass is 354 g/mol. The molecule has 0 saturated heterocycles. The van der Waals surface area contributed by atoms with Gasteiger partial charge in [0, 0.05) is 23.1 Å². The molecule has 3 aromatic rings. The molecule has 1 aliphatic rings. The van der Waals surface area contributed by atoms with E-state index in [2.05, 4.69) is 5.32 Å². The second-order valence-electron chi connectivity index (χ2n) is 6.18. The Kier molecular flexibility index (Phi) is 4.50. The van der Waals surface area contributed by atoms with Gasteiger partial charge in [-0.25, -0.2) is 4.79 Å². The van der Waals surface area contributed by atoms with Gasteiger partial charge in [0.2, 0.25) is 0 Å². The Morgan fingerprint density at radius 3 is 2.85 bits per heavy atom. The van der Waals surface area contributed by atoms with Crippen molar-refractivity contribution in [1.82, 2.24) is 0 Å². The van der Waals surface area contributed by atoms with E-state index in [4.69, 9.17) is 18.6 Å². The average molecular weight is 354 g/mol. The molecule has 26 heavy (non-hydrogen) atoms. The van der Waals surface area contributed by atoms with Crippen LogP contribution in [0.3, 0.4) is 0 Å². The van der Waals surface area contributed by atoms with Gasteiger partial charge in [-0.1, -0.05) is 12.1 Å². The summed E-state index contributed by atoms with van der Waals surface area (Å²) in [7, 11) is 1.58. The average Bonchev–Trinajstić information content (AvgIpc) is 2.67. The molecule has 0 amide bonds. The van der Waals surface area contributed by atoms with Crippen LogP contribution in [-0.2, 0) is 6.54 Å². The third-order valence-corrected chi connectivity index (χ3v) is 4.40. The van der Waals surface area contributed by atoms with Gasteiger partial charge in [-0.2, -0.15) is 0 Å². The number of benzene rings is 2. The van der Waals surface area contributed by atoms with E-state index in [1.165, 1.54) is 0 Å². The van der Waals surface area contributed by atoms with Crippen molar-refractivity contribution in [3.05, 3.63) is 64.5 Å². The van der Waals surface area contributed by atoms with Gasteiger partial charge in [0.15, 0.2) is 17.6 Å². The molecule has 2 heterocycles. The first kappa shape index (κ1) is 16.5. The smallest absolute Gasteiger partial charge is 0.336 e. The van der Waals surface area contributed by atoms with Gasteiger partial charge in [-0.15, -0.1) is 0 Å². The van der Waals surface area contributed by atoms with E-state index in [0.29, 0.717) is 24.5 Å². The summed E-state index contributed by atoms with van der Waals surface area (Å²) in [6.45, 7) is 1.89. The first-order valence-electron chi connectivity index (χ1n) is 8.54. The molecule has 0 radical (unpaired) electrons. The van der Waals surface area contributed by atoms with Crippen LogP contribution in [0.15, 0.2) is 57.7 Å². The first-order chi connectivity index (χ1) is 12.7. The lowest BCUT2D eigenvalue weighted by atomic mass is 10.1. The number of methoxy groups -OCH3 is 1. The van der Waals surface area contributed by atoms with Crippen LogP contribution < -0.4 is 25.2 Å². The molecule has 2 N–H and O–H groups in total. The molecule has 0 spiro atoms. The van der Waals surface area contributed by atoms with Gasteiger partial charge in [-0.3, -0.25) is 0 Å². The Hall–Kier alpha value is -2.99. The summed E-state index contributed by atoms with van der Waals surface area (Å²) in [5, 5.41) is 3.02. The Morgan fingerprint density at radius 1 is 1.15 bits per heavy atom. The molecule has 6 nitrogen and oxygen atoms in total. The fraction of sp³-hybridized carbons (Fsp3) is 0.250. The number of hydrogen-bond donors (Lipinski definition) is 1. The fourth-order valence-electron chi connectivity index (χ4n) is 3.11. The van der Waals surface area contributed by atoms with Crippen LogP contribution in [-0.4, -0.2) is 26.4 Å². The number of nitrogens with two attached hydrogens (primary N) is 1. The highest BCUT2D eigenvalue weighted by atomic mass is 16.6. The maximum Gasteiger partial charge on any atom is 0.336 e. The van der Waals surface area contributed by atoms with Gasteiger partial charge in [-0.05, 0) is 24.3 Å². The van der Waals surface area contributed by atoms with Crippen molar-refractivity contribution in [2.45, 2.75) is 12.6 Å². The van der Waals surface area contributed by atoms with Crippen molar-refractivity contribution in [3.63, 3.8) is 0 Å². The molecule has 6 heteroatoms. The summed E-state index contributed by atoms with van der Waals surface area (Å²) in [4.78, 5) is 11.8. The molecule has 0 bridgehead atoms. The SMILES string of the molecule is COc1ccc2c(C[NH2+]C[C@@H]3COc4ccccc4O3)cc(=O)oc2c1. The lowest BCUT2D eigenvalue weighted by molar-refractivity contribution is -0.675. The number of hydrogen-bond acceptors (Lipinski definition) is 5. The van der Waals surface area contributed by atoms with Crippen LogP contribution in [0.4, 0.5) is 0 Å². The third-order valence-electron chi connectivity index (χ3n) is 4.40. The topological polar surface area (TPSA) is 74.5 Å². The molecule has 1 aromatic heterocycles. The minimum atomic E-state index is -0.361. The molecular weight excluding hydrogens is 334 g/mol. The molecule has 4 rings (SSSR count). The maximum absolute atomic E-state index is 11.8. The van der Waals surface area contributed by atoms with E-state index in [1.54, 1.807) is 19.2 Å². The zero-order chi connectivity index (χ0) is 17.9. The van der Waals surface area contributed by atoms with Crippen LogP contribution in [0, 0.1) is 0 Å². The third kappa shape index (κ3) is 3.36. The maximum atomic E-state index is 11.8. The molecule has 0 fully saturated rings. The van der Waals surface area contributed by atoms with Crippen molar-refractivity contribution < 1.29 is 23.9 Å². The van der Waals surface area contributed by atoms with Crippen molar-refractivity contribution in [2.24, 2.45) is 0 Å². The summed E-state index contributed by atoms with van der Waals surface area (Å²) in [6, 6.07) is 14.7. The van der Waals surface area contributed by atoms with Crippen molar-refractivity contribution in [1.29, 1.82) is 0 Å². The van der Waals surface area contributed by atoms with E-state index < -0.39 is 0 Å². The highest BCUT2D eigenvalue weighted by Crippen LogP contribution is 2.30. The van der Waals surface area contributed by atoms with Crippen molar-refractivity contribution in [2.75, 3.05) is 20.3 Å². The van der Waals surface area contributed by atoms with Gasteiger partial charge in [0.05, 0.1) is 7.11 Å².